The monoisotopic (exact) mass is 156 g/mol. The molecule has 1 aliphatic carbocycles. The van der Waals surface area contributed by atoms with Gasteiger partial charge in [-0.2, -0.15) is 0 Å². The van der Waals surface area contributed by atoms with E-state index in [-0.39, 0.29) is 5.92 Å². The normalized spacial score (nSPS) is 31.2. The van der Waals surface area contributed by atoms with Crippen LogP contribution in [0.2, 0.25) is 0 Å². The minimum absolute atomic E-state index is 0.0602. The molecule has 1 aliphatic rings. The highest BCUT2D eigenvalue weighted by Gasteiger charge is 2.34. The second-order valence-electron chi connectivity index (χ2n) is 3.78. The Balaban J connectivity index is 2.58. The molecule has 2 heteroatoms. The van der Waals surface area contributed by atoms with Crippen molar-refractivity contribution in [3.63, 3.8) is 0 Å². The first-order valence-corrected chi connectivity index (χ1v) is 4.35. The van der Waals surface area contributed by atoms with Crippen LogP contribution in [0, 0.1) is 17.8 Å². The molecule has 0 heterocycles. The Morgan fingerprint density at radius 2 is 2.09 bits per heavy atom. The number of aliphatic carboxylic acids is 1. The first kappa shape index (κ1) is 8.57. The van der Waals surface area contributed by atoms with Gasteiger partial charge in [-0.15, -0.1) is 0 Å². The van der Waals surface area contributed by atoms with E-state index in [0.717, 1.165) is 19.3 Å². The zero-order valence-electron chi connectivity index (χ0n) is 7.21. The Kier molecular flexibility index (Phi) is 2.53. The van der Waals surface area contributed by atoms with Crippen molar-refractivity contribution in [2.75, 3.05) is 0 Å². The number of carboxylic acids is 1. The summed E-state index contributed by atoms with van der Waals surface area (Å²) in [7, 11) is 0. The SMILES string of the molecule is CC(C)[C@H]1CCC[C@H]1C(=O)O. The summed E-state index contributed by atoms with van der Waals surface area (Å²) in [6, 6.07) is 0. The van der Waals surface area contributed by atoms with Gasteiger partial charge in [-0.05, 0) is 24.7 Å². The average Bonchev–Trinajstić information content (AvgIpc) is 2.32. The first-order chi connectivity index (χ1) is 5.13. The molecule has 0 aromatic heterocycles. The first-order valence-electron chi connectivity index (χ1n) is 4.35. The highest BCUT2D eigenvalue weighted by atomic mass is 16.4. The van der Waals surface area contributed by atoms with Gasteiger partial charge >= 0.3 is 5.97 Å². The van der Waals surface area contributed by atoms with E-state index in [2.05, 4.69) is 13.8 Å². The molecule has 0 aliphatic heterocycles. The van der Waals surface area contributed by atoms with Gasteiger partial charge in [0.2, 0.25) is 0 Å². The van der Waals surface area contributed by atoms with Crippen molar-refractivity contribution >= 4 is 5.97 Å². The highest BCUT2D eigenvalue weighted by Crippen LogP contribution is 2.36. The molecule has 11 heavy (non-hydrogen) atoms. The van der Waals surface area contributed by atoms with Gasteiger partial charge in [-0.1, -0.05) is 20.3 Å². The summed E-state index contributed by atoms with van der Waals surface area (Å²) < 4.78 is 0. The minimum Gasteiger partial charge on any atom is -0.481 e. The maximum absolute atomic E-state index is 10.7. The van der Waals surface area contributed by atoms with Gasteiger partial charge in [-0.3, -0.25) is 4.79 Å². The van der Waals surface area contributed by atoms with Crippen LogP contribution in [0.3, 0.4) is 0 Å². The van der Waals surface area contributed by atoms with Crippen LogP contribution in [0.25, 0.3) is 0 Å². The summed E-state index contributed by atoms with van der Waals surface area (Å²) in [5, 5.41) is 8.83. The van der Waals surface area contributed by atoms with Crippen molar-refractivity contribution < 1.29 is 9.90 Å². The van der Waals surface area contributed by atoms with Crippen LogP contribution in [0.4, 0.5) is 0 Å². The average molecular weight is 156 g/mol. The van der Waals surface area contributed by atoms with E-state index in [1.165, 1.54) is 0 Å². The molecule has 1 saturated carbocycles. The molecule has 2 atom stereocenters. The number of hydrogen-bond donors (Lipinski definition) is 1. The Morgan fingerprint density at radius 1 is 1.45 bits per heavy atom. The predicted octanol–water partition coefficient (Wildman–Crippen LogP) is 2.14. The second-order valence-corrected chi connectivity index (χ2v) is 3.78. The van der Waals surface area contributed by atoms with Gasteiger partial charge in [0.1, 0.15) is 0 Å². The van der Waals surface area contributed by atoms with E-state index in [1.54, 1.807) is 0 Å². The van der Waals surface area contributed by atoms with Crippen molar-refractivity contribution in [3.8, 4) is 0 Å². The molecular formula is C9H16O2. The quantitative estimate of drug-likeness (QED) is 0.665. The molecule has 0 unspecified atom stereocenters. The van der Waals surface area contributed by atoms with E-state index in [9.17, 15) is 4.79 Å². The fraction of sp³-hybridized carbons (Fsp3) is 0.889. The summed E-state index contributed by atoms with van der Waals surface area (Å²) in [5.41, 5.74) is 0. The number of carboxylic acid groups (broad SMARTS) is 1. The largest absolute Gasteiger partial charge is 0.481 e. The highest BCUT2D eigenvalue weighted by molar-refractivity contribution is 5.70. The van der Waals surface area contributed by atoms with Gasteiger partial charge in [0.25, 0.3) is 0 Å². The number of carbonyl (C=O) groups is 1. The number of hydrogen-bond acceptors (Lipinski definition) is 1. The van der Waals surface area contributed by atoms with Crippen LogP contribution in [0.5, 0.6) is 0 Å². The van der Waals surface area contributed by atoms with Crippen molar-refractivity contribution in [1.82, 2.24) is 0 Å². The van der Waals surface area contributed by atoms with Gasteiger partial charge < -0.3 is 5.11 Å². The van der Waals surface area contributed by atoms with Gasteiger partial charge in [0.05, 0.1) is 5.92 Å². The molecule has 1 fully saturated rings. The third kappa shape index (κ3) is 1.73. The van der Waals surface area contributed by atoms with Gasteiger partial charge in [-0.25, -0.2) is 0 Å². The van der Waals surface area contributed by atoms with Crippen LogP contribution in [0.15, 0.2) is 0 Å². The summed E-state index contributed by atoms with van der Waals surface area (Å²) in [4.78, 5) is 10.7. The molecule has 0 aromatic rings. The predicted molar refractivity (Wildman–Crippen MR) is 43.3 cm³/mol. The van der Waals surface area contributed by atoms with Gasteiger partial charge in [0, 0.05) is 0 Å². The second kappa shape index (κ2) is 3.24. The Hall–Kier alpha value is -0.530. The minimum atomic E-state index is -0.596. The van der Waals surface area contributed by atoms with Crippen LogP contribution < -0.4 is 0 Å². The van der Waals surface area contributed by atoms with Crippen molar-refractivity contribution in [2.24, 2.45) is 17.8 Å². The summed E-state index contributed by atoms with van der Waals surface area (Å²) in [6.07, 6.45) is 3.09. The Bertz CT molecular complexity index is 152. The summed E-state index contributed by atoms with van der Waals surface area (Å²) >= 11 is 0. The fourth-order valence-electron chi connectivity index (χ4n) is 2.09. The molecule has 0 saturated heterocycles. The van der Waals surface area contributed by atoms with Crippen LogP contribution in [-0.2, 0) is 4.79 Å². The third-order valence-corrected chi connectivity index (χ3v) is 2.74. The van der Waals surface area contributed by atoms with Crippen LogP contribution >= 0.6 is 0 Å². The van der Waals surface area contributed by atoms with E-state index in [4.69, 9.17) is 5.11 Å². The molecule has 0 bridgehead atoms. The van der Waals surface area contributed by atoms with Gasteiger partial charge in [0.15, 0.2) is 0 Å². The van der Waals surface area contributed by atoms with Crippen molar-refractivity contribution in [2.45, 2.75) is 33.1 Å². The van der Waals surface area contributed by atoms with Crippen LogP contribution in [0.1, 0.15) is 33.1 Å². The lowest BCUT2D eigenvalue weighted by Gasteiger charge is -2.18. The molecule has 2 nitrogen and oxygen atoms in total. The Labute approximate surface area is 67.6 Å². The molecule has 0 aromatic carbocycles. The maximum atomic E-state index is 10.7. The van der Waals surface area contributed by atoms with Crippen LogP contribution in [-0.4, -0.2) is 11.1 Å². The van der Waals surface area contributed by atoms with E-state index in [0.29, 0.717) is 11.8 Å². The summed E-state index contributed by atoms with van der Waals surface area (Å²) in [5.74, 6) is 0.294. The molecule has 64 valence electrons. The topological polar surface area (TPSA) is 37.3 Å². The lowest BCUT2D eigenvalue weighted by atomic mass is 9.86. The van der Waals surface area contributed by atoms with Crippen molar-refractivity contribution in [1.29, 1.82) is 0 Å². The lowest BCUT2D eigenvalue weighted by Crippen LogP contribution is -2.21. The number of rotatable bonds is 2. The third-order valence-electron chi connectivity index (χ3n) is 2.74. The summed E-state index contributed by atoms with van der Waals surface area (Å²) in [6.45, 7) is 4.23. The molecular weight excluding hydrogens is 140 g/mol. The maximum Gasteiger partial charge on any atom is 0.306 e. The molecule has 0 spiro atoms. The molecule has 0 radical (unpaired) electrons. The molecule has 0 amide bonds. The zero-order valence-corrected chi connectivity index (χ0v) is 7.21. The smallest absolute Gasteiger partial charge is 0.306 e. The zero-order chi connectivity index (χ0) is 8.43. The lowest BCUT2D eigenvalue weighted by molar-refractivity contribution is -0.143. The fourth-order valence-corrected chi connectivity index (χ4v) is 2.09. The van der Waals surface area contributed by atoms with E-state index >= 15 is 0 Å². The molecule has 1 N–H and O–H groups in total. The van der Waals surface area contributed by atoms with Crippen molar-refractivity contribution in [3.05, 3.63) is 0 Å². The molecule has 1 rings (SSSR count). The Morgan fingerprint density at radius 3 is 2.45 bits per heavy atom. The van der Waals surface area contributed by atoms with E-state index < -0.39 is 5.97 Å². The standard InChI is InChI=1S/C9H16O2/c1-6(2)7-4-3-5-8(7)9(10)11/h6-8H,3-5H2,1-2H3,(H,10,11)/t7-,8-/m1/s1. The van der Waals surface area contributed by atoms with E-state index in [1.807, 2.05) is 0 Å².